The zero-order chi connectivity index (χ0) is 21.7. The van der Waals surface area contributed by atoms with Crippen molar-refractivity contribution in [3.05, 3.63) is 40.5 Å². The van der Waals surface area contributed by atoms with Crippen molar-refractivity contribution in [1.29, 1.82) is 0 Å². The molecule has 0 aromatic heterocycles. The second-order valence-electron chi connectivity index (χ2n) is 5.83. The number of rotatable bonds is 4. The van der Waals surface area contributed by atoms with E-state index in [1.54, 1.807) is 0 Å². The van der Waals surface area contributed by atoms with Gasteiger partial charge in [-0.25, -0.2) is 38.8 Å². The molecule has 0 amide bonds. The van der Waals surface area contributed by atoms with Crippen LogP contribution < -0.4 is 0 Å². The van der Waals surface area contributed by atoms with Gasteiger partial charge in [-0.15, -0.1) is 12.1 Å². The minimum Gasteiger partial charge on any atom is -0.243 e. The molecule has 4 atom stereocenters. The van der Waals surface area contributed by atoms with Crippen molar-refractivity contribution in [2.45, 2.75) is 41.6 Å². The number of sulfone groups is 2. The summed E-state index contributed by atoms with van der Waals surface area (Å²) in [7, 11) is -12.9. The van der Waals surface area contributed by atoms with Crippen molar-refractivity contribution in [2.75, 3.05) is 0 Å². The van der Waals surface area contributed by atoms with Crippen LogP contribution in [0.5, 0.6) is 0 Å². The van der Waals surface area contributed by atoms with Gasteiger partial charge in [0, 0.05) is 0 Å². The Morgan fingerprint density at radius 1 is 0.714 bits per heavy atom. The summed E-state index contributed by atoms with van der Waals surface area (Å²) in [6.07, 6.45) is -17.8. The molecule has 4 nitrogen and oxygen atoms in total. The summed E-state index contributed by atoms with van der Waals surface area (Å²) in [5.74, 6) is 0. The van der Waals surface area contributed by atoms with E-state index < -0.39 is 71.4 Å². The third-order valence-corrected chi connectivity index (χ3v) is 8.70. The van der Waals surface area contributed by atoms with Gasteiger partial charge in [-0.05, 0) is 0 Å². The molecule has 160 valence electrons. The molecular formula is C14H11F8O4S2-. The lowest BCUT2D eigenvalue weighted by Crippen LogP contribution is -2.60. The summed E-state index contributed by atoms with van der Waals surface area (Å²) in [6.45, 7) is 0. The van der Waals surface area contributed by atoms with Crippen LogP contribution in [0.25, 0.3) is 0 Å². The molecule has 1 aromatic carbocycles. The van der Waals surface area contributed by atoms with E-state index in [-0.39, 0.29) is 0 Å². The molecule has 14 heteroatoms. The molecule has 1 saturated carbocycles. The van der Waals surface area contributed by atoms with E-state index in [1.807, 2.05) is 0 Å². The molecule has 0 aliphatic heterocycles. The van der Waals surface area contributed by atoms with Gasteiger partial charge in [-0.3, -0.25) is 0 Å². The third-order valence-electron chi connectivity index (χ3n) is 4.02. The molecule has 0 spiro atoms. The SMILES string of the molecule is O=S(=O)([C-](c1ccccc1)S(=O)(=O)C(F)(F)F)C1C(F)C(F)C(F)C(F)C1F. The first-order chi connectivity index (χ1) is 12.7. The Morgan fingerprint density at radius 3 is 1.50 bits per heavy atom. The second kappa shape index (κ2) is 7.35. The molecule has 1 aliphatic carbocycles. The number of hydrogen-bond acceptors (Lipinski definition) is 4. The van der Waals surface area contributed by atoms with Gasteiger partial charge in [0.2, 0.25) is 9.84 Å². The van der Waals surface area contributed by atoms with E-state index >= 15 is 0 Å². The van der Waals surface area contributed by atoms with E-state index in [2.05, 4.69) is 0 Å². The van der Waals surface area contributed by atoms with Crippen LogP contribution in [0.2, 0.25) is 0 Å². The normalized spacial score (nSPS) is 32.1. The summed E-state index contributed by atoms with van der Waals surface area (Å²) >= 11 is 0. The van der Waals surface area contributed by atoms with E-state index in [1.165, 1.54) is 0 Å². The first kappa shape index (κ1) is 22.7. The monoisotopic (exact) mass is 459 g/mol. The Labute approximate surface area is 154 Å². The van der Waals surface area contributed by atoms with Gasteiger partial charge in [0.15, 0.2) is 40.7 Å². The predicted octanol–water partition coefficient (Wildman–Crippen LogP) is 2.95. The maximum absolute atomic E-state index is 14.1. The van der Waals surface area contributed by atoms with Gasteiger partial charge in [0.25, 0.3) is 0 Å². The molecule has 0 saturated heterocycles. The highest BCUT2D eigenvalue weighted by atomic mass is 32.3. The zero-order valence-corrected chi connectivity index (χ0v) is 15.0. The largest absolute Gasteiger partial charge is 0.491 e. The lowest BCUT2D eigenvalue weighted by atomic mass is 9.91. The Kier molecular flexibility index (Phi) is 5.97. The van der Waals surface area contributed by atoms with E-state index in [9.17, 15) is 52.0 Å². The minimum atomic E-state index is -6.74. The predicted molar refractivity (Wildman–Crippen MR) is 80.9 cm³/mol. The van der Waals surface area contributed by atoms with Crippen LogP contribution in [-0.2, 0) is 19.7 Å². The quantitative estimate of drug-likeness (QED) is 0.513. The zero-order valence-electron chi connectivity index (χ0n) is 13.3. The van der Waals surface area contributed by atoms with Crippen molar-refractivity contribution in [2.24, 2.45) is 0 Å². The summed E-state index contributed by atoms with van der Waals surface area (Å²) in [4.78, 5) is 0. The molecule has 1 aliphatic rings. The fourth-order valence-corrected chi connectivity index (χ4v) is 6.88. The fourth-order valence-electron chi connectivity index (χ4n) is 2.68. The van der Waals surface area contributed by atoms with Crippen LogP contribution in [0.1, 0.15) is 5.56 Å². The van der Waals surface area contributed by atoms with Crippen LogP contribution in [-0.4, -0.2) is 58.5 Å². The van der Waals surface area contributed by atoms with Crippen LogP contribution >= 0.6 is 0 Å². The number of halogens is 8. The summed E-state index contributed by atoms with van der Waals surface area (Å²) in [5, 5.41) is -3.54. The Bertz CT molecular complexity index is 887. The van der Waals surface area contributed by atoms with Gasteiger partial charge in [-0.2, -0.15) is 30.9 Å². The third kappa shape index (κ3) is 3.55. The maximum Gasteiger partial charge on any atom is 0.491 e. The minimum absolute atomic E-state index is 0.581. The highest BCUT2D eigenvalue weighted by molar-refractivity contribution is 8.13. The van der Waals surface area contributed by atoms with Crippen molar-refractivity contribution >= 4 is 19.7 Å². The maximum atomic E-state index is 14.1. The molecule has 28 heavy (non-hydrogen) atoms. The molecule has 4 unspecified atom stereocenters. The van der Waals surface area contributed by atoms with Gasteiger partial charge >= 0.3 is 5.51 Å². The molecular weight excluding hydrogens is 448 g/mol. The first-order valence-electron chi connectivity index (χ1n) is 7.33. The smallest absolute Gasteiger partial charge is 0.243 e. The van der Waals surface area contributed by atoms with E-state index in [0.29, 0.717) is 12.1 Å². The Morgan fingerprint density at radius 2 is 1.11 bits per heavy atom. The summed E-state index contributed by atoms with van der Waals surface area (Å²) < 4.78 is 154. The number of hydrogen-bond donors (Lipinski definition) is 0. The van der Waals surface area contributed by atoms with Gasteiger partial charge in [0.05, 0.1) is 4.58 Å². The topological polar surface area (TPSA) is 68.3 Å². The lowest BCUT2D eigenvalue weighted by Gasteiger charge is -2.39. The fraction of sp³-hybridized carbons (Fsp3) is 0.500. The molecule has 0 N–H and O–H groups in total. The van der Waals surface area contributed by atoms with E-state index in [4.69, 9.17) is 0 Å². The highest BCUT2D eigenvalue weighted by Gasteiger charge is 2.62. The molecule has 2 rings (SSSR count). The Balaban J connectivity index is 2.72. The average molecular weight is 459 g/mol. The van der Waals surface area contributed by atoms with Crippen molar-refractivity contribution in [3.63, 3.8) is 0 Å². The standard InChI is InChI=1S/C14H11F8O4S2/c15-7-8(16)10(18)12(11(19)9(7)17)27(23,24)13(6-4-2-1-3-5-6)28(25,26)14(20,21)22/h1-5,7-12H/q-1. The summed E-state index contributed by atoms with van der Waals surface area (Å²) in [5.41, 5.74) is -7.35. The van der Waals surface area contributed by atoms with Gasteiger partial charge in [-0.1, -0.05) is 6.07 Å². The van der Waals surface area contributed by atoms with E-state index in [0.717, 1.165) is 18.2 Å². The highest BCUT2D eigenvalue weighted by Crippen LogP contribution is 2.44. The molecule has 0 bridgehead atoms. The van der Waals surface area contributed by atoms with Crippen molar-refractivity contribution in [1.82, 2.24) is 0 Å². The molecule has 1 fully saturated rings. The lowest BCUT2D eigenvalue weighted by molar-refractivity contribution is -0.0479. The second-order valence-corrected chi connectivity index (χ2v) is 10.0. The first-order valence-corrected chi connectivity index (χ1v) is 10.4. The molecule has 0 heterocycles. The Hall–Kier alpha value is -1.57. The summed E-state index contributed by atoms with van der Waals surface area (Å²) in [6, 6.07) is 4.16. The average Bonchev–Trinajstić information content (AvgIpc) is 2.57. The van der Waals surface area contributed by atoms with Crippen LogP contribution in [0.3, 0.4) is 0 Å². The number of alkyl halides is 8. The number of benzene rings is 1. The van der Waals surface area contributed by atoms with Crippen molar-refractivity contribution < 1.29 is 52.0 Å². The van der Waals surface area contributed by atoms with Crippen molar-refractivity contribution in [3.8, 4) is 0 Å². The van der Waals surface area contributed by atoms with Gasteiger partial charge in [0.1, 0.15) is 5.25 Å². The van der Waals surface area contributed by atoms with Crippen LogP contribution in [0.4, 0.5) is 35.1 Å². The van der Waals surface area contributed by atoms with Crippen LogP contribution in [0.15, 0.2) is 30.3 Å². The molecule has 0 radical (unpaired) electrons. The molecule has 1 aromatic rings. The van der Waals surface area contributed by atoms with Crippen LogP contribution in [0, 0.1) is 4.58 Å². The van der Waals surface area contributed by atoms with Gasteiger partial charge < -0.3 is 0 Å².